The Balaban J connectivity index is 3.10. The highest BCUT2D eigenvalue weighted by Crippen LogP contribution is 2.08. The summed E-state index contributed by atoms with van der Waals surface area (Å²) in [7, 11) is 1.74. The van der Waals surface area contributed by atoms with Gasteiger partial charge in [0.1, 0.15) is 5.78 Å². The van der Waals surface area contributed by atoms with E-state index in [-0.39, 0.29) is 5.92 Å². The zero-order valence-corrected chi connectivity index (χ0v) is 9.84. The van der Waals surface area contributed by atoms with E-state index in [1.807, 2.05) is 13.8 Å². The molecule has 0 aromatic carbocycles. The van der Waals surface area contributed by atoms with Gasteiger partial charge in [-0.1, -0.05) is 33.1 Å². The van der Waals surface area contributed by atoms with E-state index in [2.05, 4.69) is 0 Å². The first-order chi connectivity index (χ1) is 6.68. The van der Waals surface area contributed by atoms with Gasteiger partial charge in [-0.2, -0.15) is 0 Å². The summed E-state index contributed by atoms with van der Waals surface area (Å²) in [4.78, 5) is 11.3. The number of ether oxygens (including phenoxy) is 1. The minimum absolute atomic E-state index is 0.212. The van der Waals surface area contributed by atoms with Crippen LogP contribution in [0, 0.1) is 5.92 Å². The van der Waals surface area contributed by atoms with Crippen LogP contribution in [0.2, 0.25) is 0 Å². The fraction of sp³-hybridized carbons (Fsp3) is 0.917. The molecule has 0 N–H and O–H groups in total. The van der Waals surface area contributed by atoms with Crippen LogP contribution in [0.1, 0.15) is 52.4 Å². The number of methoxy groups -OCH3 is 1. The van der Waals surface area contributed by atoms with Crippen molar-refractivity contribution in [2.24, 2.45) is 5.92 Å². The lowest BCUT2D eigenvalue weighted by molar-refractivity contribution is -0.122. The molecule has 14 heavy (non-hydrogen) atoms. The van der Waals surface area contributed by atoms with E-state index < -0.39 is 0 Å². The predicted molar refractivity (Wildman–Crippen MR) is 59.4 cm³/mol. The summed E-state index contributed by atoms with van der Waals surface area (Å²) in [6.45, 7) is 4.81. The van der Waals surface area contributed by atoms with Gasteiger partial charge in [0.2, 0.25) is 0 Å². The molecule has 0 saturated carbocycles. The van der Waals surface area contributed by atoms with E-state index in [9.17, 15) is 4.79 Å². The van der Waals surface area contributed by atoms with Gasteiger partial charge in [0.15, 0.2) is 0 Å². The lowest BCUT2D eigenvalue weighted by Gasteiger charge is -2.03. The van der Waals surface area contributed by atoms with Crippen LogP contribution < -0.4 is 0 Å². The molecular weight excluding hydrogens is 176 g/mol. The van der Waals surface area contributed by atoms with Crippen LogP contribution in [0.5, 0.6) is 0 Å². The maximum atomic E-state index is 11.3. The molecule has 0 fully saturated rings. The predicted octanol–water partition coefficient (Wildman–Crippen LogP) is 3.20. The quantitative estimate of drug-likeness (QED) is 0.534. The first-order valence-corrected chi connectivity index (χ1v) is 5.70. The minimum atomic E-state index is 0.212. The summed E-state index contributed by atoms with van der Waals surface area (Å²) in [6, 6.07) is 0. The van der Waals surface area contributed by atoms with Crippen molar-refractivity contribution >= 4 is 5.78 Å². The Morgan fingerprint density at radius 3 is 2.21 bits per heavy atom. The van der Waals surface area contributed by atoms with Gasteiger partial charge in [-0.05, 0) is 12.8 Å². The molecular formula is C12H24O2. The first-order valence-electron chi connectivity index (χ1n) is 5.70. The van der Waals surface area contributed by atoms with Gasteiger partial charge in [0, 0.05) is 26.1 Å². The van der Waals surface area contributed by atoms with Crippen molar-refractivity contribution in [2.75, 3.05) is 13.7 Å². The van der Waals surface area contributed by atoms with E-state index in [4.69, 9.17) is 4.74 Å². The Labute approximate surface area is 88.0 Å². The topological polar surface area (TPSA) is 26.3 Å². The van der Waals surface area contributed by atoms with E-state index in [1.54, 1.807) is 7.11 Å². The van der Waals surface area contributed by atoms with Crippen molar-refractivity contribution in [3.05, 3.63) is 0 Å². The molecule has 0 aliphatic carbocycles. The summed E-state index contributed by atoms with van der Waals surface area (Å²) in [5, 5.41) is 0. The minimum Gasteiger partial charge on any atom is -0.385 e. The number of carbonyl (C=O) groups excluding carboxylic acids is 1. The monoisotopic (exact) mass is 200 g/mol. The van der Waals surface area contributed by atoms with Crippen LogP contribution in [0.4, 0.5) is 0 Å². The average Bonchev–Trinajstić information content (AvgIpc) is 2.16. The van der Waals surface area contributed by atoms with Crippen molar-refractivity contribution in [3.8, 4) is 0 Å². The maximum Gasteiger partial charge on any atom is 0.135 e. The summed E-state index contributed by atoms with van der Waals surface area (Å²) in [6.07, 6.45) is 6.61. The molecule has 0 radical (unpaired) electrons. The normalized spacial score (nSPS) is 10.9. The fourth-order valence-electron chi connectivity index (χ4n) is 1.36. The Bertz CT molecular complexity index is 141. The zero-order chi connectivity index (χ0) is 10.8. The zero-order valence-electron chi connectivity index (χ0n) is 9.84. The Morgan fingerprint density at radius 2 is 1.64 bits per heavy atom. The molecule has 0 spiro atoms. The molecule has 0 unspecified atom stereocenters. The summed E-state index contributed by atoms with van der Waals surface area (Å²) >= 11 is 0. The van der Waals surface area contributed by atoms with Crippen molar-refractivity contribution < 1.29 is 9.53 Å². The van der Waals surface area contributed by atoms with Crippen molar-refractivity contribution in [1.82, 2.24) is 0 Å². The number of carbonyl (C=O) groups is 1. The number of hydrogen-bond acceptors (Lipinski definition) is 2. The number of Topliss-reactive ketones (excluding diaryl/α,β-unsaturated/α-hetero) is 1. The van der Waals surface area contributed by atoms with Gasteiger partial charge in [-0.3, -0.25) is 4.79 Å². The first kappa shape index (κ1) is 13.6. The molecule has 0 aromatic heterocycles. The molecule has 0 aromatic rings. The second-order valence-electron chi connectivity index (χ2n) is 4.13. The van der Waals surface area contributed by atoms with Gasteiger partial charge < -0.3 is 4.74 Å². The third-order valence-electron chi connectivity index (χ3n) is 2.42. The molecule has 0 aliphatic heterocycles. The van der Waals surface area contributed by atoms with Crippen LogP contribution in [0.3, 0.4) is 0 Å². The van der Waals surface area contributed by atoms with Crippen LogP contribution >= 0.6 is 0 Å². The lowest BCUT2D eigenvalue weighted by atomic mass is 10.0. The highest BCUT2D eigenvalue weighted by molar-refractivity contribution is 5.80. The Kier molecular flexibility index (Phi) is 8.95. The summed E-state index contributed by atoms with van der Waals surface area (Å²) < 4.78 is 4.96. The average molecular weight is 200 g/mol. The lowest BCUT2D eigenvalue weighted by Crippen LogP contribution is -2.05. The van der Waals surface area contributed by atoms with Crippen LogP contribution in [0.15, 0.2) is 0 Å². The van der Waals surface area contributed by atoms with Gasteiger partial charge in [0.25, 0.3) is 0 Å². The van der Waals surface area contributed by atoms with Gasteiger partial charge in [-0.15, -0.1) is 0 Å². The van der Waals surface area contributed by atoms with Crippen molar-refractivity contribution in [3.63, 3.8) is 0 Å². The van der Waals surface area contributed by atoms with Crippen molar-refractivity contribution in [2.45, 2.75) is 52.4 Å². The van der Waals surface area contributed by atoms with Crippen molar-refractivity contribution in [1.29, 1.82) is 0 Å². The molecule has 0 bridgehead atoms. The molecule has 0 atom stereocenters. The molecule has 0 heterocycles. The third kappa shape index (κ3) is 8.24. The van der Waals surface area contributed by atoms with E-state index in [1.165, 1.54) is 19.3 Å². The van der Waals surface area contributed by atoms with E-state index in [0.717, 1.165) is 25.9 Å². The highest BCUT2D eigenvalue weighted by atomic mass is 16.5. The second kappa shape index (κ2) is 9.20. The van der Waals surface area contributed by atoms with Gasteiger partial charge in [0.05, 0.1) is 0 Å². The van der Waals surface area contributed by atoms with E-state index in [0.29, 0.717) is 5.78 Å². The standard InChI is InChI=1S/C12H24O2/c1-11(2)12(13)9-7-5-4-6-8-10-14-3/h11H,4-10H2,1-3H3. The van der Waals surface area contributed by atoms with Gasteiger partial charge >= 0.3 is 0 Å². The van der Waals surface area contributed by atoms with E-state index >= 15 is 0 Å². The largest absolute Gasteiger partial charge is 0.385 e. The van der Waals surface area contributed by atoms with Crippen LogP contribution in [-0.2, 0) is 9.53 Å². The summed E-state index contributed by atoms with van der Waals surface area (Å²) in [5.41, 5.74) is 0. The highest BCUT2D eigenvalue weighted by Gasteiger charge is 2.05. The summed E-state index contributed by atoms with van der Waals surface area (Å²) in [5.74, 6) is 0.616. The van der Waals surface area contributed by atoms with Gasteiger partial charge in [-0.25, -0.2) is 0 Å². The van der Waals surface area contributed by atoms with Crippen LogP contribution in [-0.4, -0.2) is 19.5 Å². The molecule has 0 aliphatic rings. The molecule has 0 amide bonds. The molecule has 0 rings (SSSR count). The number of rotatable bonds is 9. The second-order valence-corrected chi connectivity index (χ2v) is 4.13. The number of hydrogen-bond donors (Lipinski definition) is 0. The fourth-order valence-corrected chi connectivity index (χ4v) is 1.36. The third-order valence-corrected chi connectivity index (χ3v) is 2.42. The number of ketones is 1. The molecule has 84 valence electrons. The smallest absolute Gasteiger partial charge is 0.135 e. The SMILES string of the molecule is COCCCCCCCC(=O)C(C)C. The molecule has 0 saturated heterocycles. The Hall–Kier alpha value is -0.370. The molecule has 2 nitrogen and oxygen atoms in total. The van der Waals surface area contributed by atoms with Crippen LogP contribution in [0.25, 0.3) is 0 Å². The number of unbranched alkanes of at least 4 members (excludes halogenated alkanes) is 4. The Morgan fingerprint density at radius 1 is 1.07 bits per heavy atom. The molecule has 2 heteroatoms. The maximum absolute atomic E-state index is 11.3.